The summed E-state index contributed by atoms with van der Waals surface area (Å²) in [4.78, 5) is 14.2. The number of aliphatic imine (C=N–C) groups is 1. The van der Waals surface area contributed by atoms with Crippen LogP contribution in [-0.4, -0.2) is 30.1 Å². The molecule has 1 aromatic rings. The minimum absolute atomic E-state index is 0.337. The van der Waals surface area contributed by atoms with Gasteiger partial charge in [0, 0.05) is 13.0 Å². The molecule has 0 aromatic heterocycles. The predicted octanol–water partition coefficient (Wildman–Crippen LogP) is 4.80. The van der Waals surface area contributed by atoms with Crippen LogP contribution in [0.1, 0.15) is 45.4 Å². The summed E-state index contributed by atoms with van der Waals surface area (Å²) in [6.45, 7) is 3.78. The second-order valence-electron chi connectivity index (χ2n) is 5.44. The molecule has 0 fully saturated rings. The average molecular weight is 374 g/mol. The van der Waals surface area contributed by atoms with Gasteiger partial charge in [0.25, 0.3) is 0 Å². The molecule has 0 radical (unpaired) electrons. The summed E-state index contributed by atoms with van der Waals surface area (Å²) in [6, 6.07) is 5.37. The standard InChI is InChI=1S/C9H9Cl2N3.C8H16O2/c10-6-2-1-3-7(11)8(6)14-9-12-4-5-13-9;1-2-3-4-5-6-7-8(9)10/h1-3H,4-5H2,(H2,12,13,14);2-7H2,1H3,(H,9,10). The third-order valence-electron chi connectivity index (χ3n) is 3.37. The van der Waals surface area contributed by atoms with E-state index in [1.807, 2.05) is 0 Å². The summed E-state index contributed by atoms with van der Waals surface area (Å²) in [7, 11) is 0. The van der Waals surface area contributed by atoms with Gasteiger partial charge in [0.2, 0.25) is 0 Å². The Bertz CT molecular complexity index is 530. The van der Waals surface area contributed by atoms with Crippen LogP contribution in [0.2, 0.25) is 10.0 Å². The first-order chi connectivity index (χ1) is 11.5. The van der Waals surface area contributed by atoms with Crippen molar-refractivity contribution in [2.24, 2.45) is 4.99 Å². The van der Waals surface area contributed by atoms with Gasteiger partial charge in [-0.05, 0) is 18.6 Å². The molecule has 0 spiro atoms. The van der Waals surface area contributed by atoms with Gasteiger partial charge in [-0.2, -0.15) is 0 Å². The van der Waals surface area contributed by atoms with Crippen molar-refractivity contribution >= 4 is 40.8 Å². The zero-order valence-corrected chi connectivity index (χ0v) is 15.5. The Hall–Kier alpha value is -1.46. The van der Waals surface area contributed by atoms with Crippen molar-refractivity contribution in [1.82, 2.24) is 5.32 Å². The number of halogens is 2. The molecule has 7 heteroatoms. The zero-order chi connectivity index (χ0) is 17.8. The van der Waals surface area contributed by atoms with Crippen LogP contribution in [0, 0.1) is 0 Å². The van der Waals surface area contributed by atoms with Crippen molar-refractivity contribution in [3.05, 3.63) is 28.2 Å². The molecule has 0 unspecified atom stereocenters. The first-order valence-corrected chi connectivity index (χ1v) is 9.01. The predicted molar refractivity (Wildman–Crippen MR) is 101 cm³/mol. The van der Waals surface area contributed by atoms with Crippen molar-refractivity contribution in [3.8, 4) is 0 Å². The van der Waals surface area contributed by atoms with Crippen molar-refractivity contribution < 1.29 is 9.90 Å². The molecule has 0 atom stereocenters. The highest BCUT2D eigenvalue weighted by Crippen LogP contribution is 2.29. The fourth-order valence-corrected chi connectivity index (χ4v) is 2.59. The van der Waals surface area contributed by atoms with Crippen LogP contribution in [0.5, 0.6) is 0 Å². The highest BCUT2D eigenvalue weighted by atomic mass is 35.5. The summed E-state index contributed by atoms with van der Waals surface area (Å²) >= 11 is 12.0. The Labute approximate surface area is 153 Å². The van der Waals surface area contributed by atoms with Gasteiger partial charge in [0.05, 0.1) is 22.3 Å². The number of nitrogens with zero attached hydrogens (tertiary/aromatic N) is 1. The van der Waals surface area contributed by atoms with E-state index < -0.39 is 5.97 Å². The molecule has 1 aromatic carbocycles. The van der Waals surface area contributed by atoms with E-state index in [-0.39, 0.29) is 0 Å². The first kappa shape index (κ1) is 20.6. The average Bonchev–Trinajstić information content (AvgIpc) is 3.04. The monoisotopic (exact) mass is 373 g/mol. The number of anilines is 1. The fourth-order valence-electron chi connectivity index (χ4n) is 2.10. The van der Waals surface area contributed by atoms with E-state index in [9.17, 15) is 4.79 Å². The highest BCUT2D eigenvalue weighted by Gasteiger charge is 2.09. The second-order valence-corrected chi connectivity index (χ2v) is 6.25. The maximum Gasteiger partial charge on any atom is 0.303 e. The first-order valence-electron chi connectivity index (χ1n) is 8.25. The lowest BCUT2D eigenvalue weighted by molar-refractivity contribution is -0.137. The number of para-hydroxylation sites is 1. The largest absolute Gasteiger partial charge is 0.481 e. The number of rotatable bonds is 7. The number of aliphatic carboxylic acids is 1. The Morgan fingerprint density at radius 1 is 1.25 bits per heavy atom. The third-order valence-corrected chi connectivity index (χ3v) is 4.00. The summed E-state index contributed by atoms with van der Waals surface area (Å²) in [5.74, 6) is 0.0523. The fraction of sp³-hybridized carbons (Fsp3) is 0.529. The van der Waals surface area contributed by atoms with Crippen LogP contribution in [0.15, 0.2) is 23.2 Å². The zero-order valence-electron chi connectivity index (χ0n) is 13.9. The Kier molecular flexibility index (Phi) is 10.3. The summed E-state index contributed by atoms with van der Waals surface area (Å²) in [5, 5.41) is 15.6. The minimum Gasteiger partial charge on any atom is -0.481 e. The lowest BCUT2D eigenvalue weighted by Gasteiger charge is -2.09. The number of carboxylic acid groups (broad SMARTS) is 1. The van der Waals surface area contributed by atoms with Gasteiger partial charge in [0.1, 0.15) is 0 Å². The van der Waals surface area contributed by atoms with Crippen LogP contribution in [0.4, 0.5) is 5.69 Å². The number of guanidine groups is 1. The number of nitrogens with one attached hydrogen (secondary N) is 2. The lowest BCUT2D eigenvalue weighted by atomic mass is 10.1. The molecule has 134 valence electrons. The third kappa shape index (κ3) is 8.41. The maximum atomic E-state index is 10.0. The van der Waals surface area contributed by atoms with Gasteiger partial charge in [-0.15, -0.1) is 0 Å². The van der Waals surface area contributed by atoms with Gasteiger partial charge in [-0.25, -0.2) is 0 Å². The summed E-state index contributed by atoms with van der Waals surface area (Å²) in [6.07, 6.45) is 5.88. The van der Waals surface area contributed by atoms with Crippen molar-refractivity contribution in [3.63, 3.8) is 0 Å². The van der Waals surface area contributed by atoms with Crippen LogP contribution in [0.25, 0.3) is 0 Å². The molecular formula is C17H25Cl2N3O2. The lowest BCUT2D eigenvalue weighted by Crippen LogP contribution is -2.26. The molecule has 1 heterocycles. The Morgan fingerprint density at radius 3 is 2.46 bits per heavy atom. The maximum absolute atomic E-state index is 10.0. The van der Waals surface area contributed by atoms with E-state index in [0.717, 1.165) is 31.9 Å². The molecule has 0 bridgehead atoms. The van der Waals surface area contributed by atoms with Crippen molar-refractivity contribution in [2.45, 2.75) is 45.4 Å². The number of hydrogen-bond acceptors (Lipinski definition) is 4. The molecule has 24 heavy (non-hydrogen) atoms. The van der Waals surface area contributed by atoms with Crippen LogP contribution < -0.4 is 10.6 Å². The topological polar surface area (TPSA) is 73.7 Å². The molecule has 3 N–H and O–H groups in total. The molecule has 1 aliphatic rings. The van der Waals surface area contributed by atoms with Crippen molar-refractivity contribution in [1.29, 1.82) is 0 Å². The van der Waals surface area contributed by atoms with E-state index in [4.69, 9.17) is 28.3 Å². The normalized spacial score (nSPS) is 12.7. The Balaban J connectivity index is 0.000000257. The van der Waals surface area contributed by atoms with Gasteiger partial charge < -0.3 is 15.7 Å². The highest BCUT2D eigenvalue weighted by molar-refractivity contribution is 6.39. The number of unbranched alkanes of at least 4 members (excludes halogenated alkanes) is 4. The van der Waals surface area contributed by atoms with Gasteiger partial charge in [0.15, 0.2) is 5.96 Å². The SMILES string of the molecule is CCCCCCCC(=O)O.Clc1cccc(Cl)c1NC1=NCCN1. The number of benzene rings is 1. The van der Waals surface area contributed by atoms with Crippen LogP contribution in [0.3, 0.4) is 0 Å². The van der Waals surface area contributed by atoms with E-state index in [2.05, 4.69) is 22.5 Å². The van der Waals surface area contributed by atoms with Gasteiger partial charge in [-0.3, -0.25) is 9.79 Å². The quantitative estimate of drug-likeness (QED) is 0.600. The molecular weight excluding hydrogens is 349 g/mol. The molecule has 0 amide bonds. The van der Waals surface area contributed by atoms with E-state index >= 15 is 0 Å². The summed E-state index contributed by atoms with van der Waals surface area (Å²) < 4.78 is 0. The van der Waals surface area contributed by atoms with Gasteiger partial charge >= 0.3 is 5.97 Å². The van der Waals surface area contributed by atoms with Crippen LogP contribution in [-0.2, 0) is 4.79 Å². The van der Waals surface area contributed by atoms with E-state index in [1.165, 1.54) is 19.3 Å². The molecule has 0 saturated carbocycles. The number of hydrogen-bond donors (Lipinski definition) is 3. The van der Waals surface area contributed by atoms with Crippen molar-refractivity contribution in [2.75, 3.05) is 18.4 Å². The molecule has 2 rings (SSSR count). The molecule has 0 saturated heterocycles. The number of carboxylic acids is 1. The number of carbonyl (C=O) groups is 1. The Morgan fingerprint density at radius 2 is 1.92 bits per heavy atom. The van der Waals surface area contributed by atoms with Gasteiger partial charge in [-0.1, -0.05) is 61.9 Å². The summed E-state index contributed by atoms with van der Waals surface area (Å²) in [5.41, 5.74) is 0.698. The van der Waals surface area contributed by atoms with E-state index in [1.54, 1.807) is 18.2 Å². The molecule has 0 aliphatic carbocycles. The second kappa shape index (κ2) is 12.0. The van der Waals surface area contributed by atoms with E-state index in [0.29, 0.717) is 22.2 Å². The minimum atomic E-state index is -0.670. The molecule has 5 nitrogen and oxygen atoms in total. The smallest absolute Gasteiger partial charge is 0.303 e. The van der Waals surface area contributed by atoms with Crippen LogP contribution >= 0.6 is 23.2 Å². The molecule has 1 aliphatic heterocycles.